The van der Waals surface area contributed by atoms with Gasteiger partial charge in [0.25, 0.3) is 0 Å². The molecule has 0 amide bonds. The highest BCUT2D eigenvalue weighted by molar-refractivity contribution is 4.87. The molecule has 2 nitrogen and oxygen atoms in total. The molecule has 0 aromatic heterocycles. The van der Waals surface area contributed by atoms with Crippen LogP contribution in [0, 0.1) is 5.92 Å². The second-order valence-electron chi connectivity index (χ2n) is 5.36. The van der Waals surface area contributed by atoms with Gasteiger partial charge in [-0.3, -0.25) is 4.90 Å². The van der Waals surface area contributed by atoms with Crippen molar-refractivity contribution in [3.05, 3.63) is 0 Å². The summed E-state index contributed by atoms with van der Waals surface area (Å²) >= 11 is 0. The van der Waals surface area contributed by atoms with E-state index in [0.29, 0.717) is 0 Å². The first kappa shape index (κ1) is 10.4. The summed E-state index contributed by atoms with van der Waals surface area (Å²) in [5.74, 6) is 0.828. The van der Waals surface area contributed by atoms with Crippen LogP contribution >= 0.6 is 0 Å². The quantitative estimate of drug-likeness (QED) is 0.741. The molecule has 0 bridgehead atoms. The summed E-state index contributed by atoms with van der Waals surface area (Å²) in [5, 5.41) is 3.64. The highest BCUT2D eigenvalue weighted by Crippen LogP contribution is 2.26. The molecule has 82 valence electrons. The molecule has 1 saturated carbocycles. The lowest BCUT2D eigenvalue weighted by Crippen LogP contribution is -2.55. The summed E-state index contributed by atoms with van der Waals surface area (Å²) in [5.41, 5.74) is 0. The standard InChI is InChI=1S/C12H24N2/c1-10(2)8-11-9-14(7-6-13-11)12-4-3-5-12/h10-13H,3-9H2,1-2H3. The normalized spacial score (nSPS) is 30.6. The summed E-state index contributed by atoms with van der Waals surface area (Å²) in [7, 11) is 0. The molecule has 1 saturated heterocycles. The Hall–Kier alpha value is -0.0800. The minimum atomic E-state index is 0.754. The van der Waals surface area contributed by atoms with E-state index in [1.807, 2.05) is 0 Å². The number of piperazine rings is 1. The lowest BCUT2D eigenvalue weighted by molar-refractivity contribution is 0.0871. The van der Waals surface area contributed by atoms with Gasteiger partial charge >= 0.3 is 0 Å². The minimum Gasteiger partial charge on any atom is -0.311 e. The minimum absolute atomic E-state index is 0.754. The van der Waals surface area contributed by atoms with Gasteiger partial charge in [0.15, 0.2) is 0 Å². The Morgan fingerprint density at radius 1 is 1.36 bits per heavy atom. The van der Waals surface area contributed by atoms with Gasteiger partial charge in [-0.05, 0) is 25.2 Å². The van der Waals surface area contributed by atoms with Crippen molar-refractivity contribution in [1.29, 1.82) is 0 Å². The molecule has 1 N–H and O–H groups in total. The molecular formula is C12H24N2. The van der Waals surface area contributed by atoms with Crippen molar-refractivity contribution in [1.82, 2.24) is 10.2 Å². The van der Waals surface area contributed by atoms with E-state index < -0.39 is 0 Å². The van der Waals surface area contributed by atoms with Crippen LogP contribution in [0.4, 0.5) is 0 Å². The Kier molecular flexibility index (Phi) is 3.45. The van der Waals surface area contributed by atoms with Gasteiger partial charge in [0.05, 0.1) is 0 Å². The van der Waals surface area contributed by atoms with E-state index in [9.17, 15) is 0 Å². The Bertz CT molecular complexity index is 175. The third-order valence-electron chi connectivity index (χ3n) is 3.63. The largest absolute Gasteiger partial charge is 0.311 e. The molecule has 0 aromatic carbocycles. The fourth-order valence-electron chi connectivity index (χ4n) is 2.66. The summed E-state index contributed by atoms with van der Waals surface area (Å²) in [6.07, 6.45) is 5.70. The van der Waals surface area contributed by atoms with Gasteiger partial charge in [0.1, 0.15) is 0 Å². The van der Waals surface area contributed by atoms with Gasteiger partial charge in [-0.25, -0.2) is 0 Å². The predicted molar refractivity (Wildman–Crippen MR) is 60.5 cm³/mol. The second kappa shape index (κ2) is 4.63. The molecule has 2 fully saturated rings. The first-order valence-corrected chi connectivity index (χ1v) is 6.23. The van der Waals surface area contributed by atoms with E-state index in [2.05, 4.69) is 24.1 Å². The van der Waals surface area contributed by atoms with Crippen LogP contribution in [-0.2, 0) is 0 Å². The van der Waals surface area contributed by atoms with Crippen molar-refractivity contribution in [2.24, 2.45) is 5.92 Å². The van der Waals surface area contributed by atoms with Gasteiger partial charge < -0.3 is 5.32 Å². The maximum absolute atomic E-state index is 3.64. The number of hydrogen-bond acceptors (Lipinski definition) is 2. The molecule has 0 radical (unpaired) electrons. The fourth-order valence-corrected chi connectivity index (χ4v) is 2.66. The van der Waals surface area contributed by atoms with E-state index in [1.165, 1.54) is 45.3 Å². The SMILES string of the molecule is CC(C)CC1CN(C2CCC2)CCN1. The van der Waals surface area contributed by atoms with E-state index in [1.54, 1.807) is 0 Å². The molecule has 0 aromatic rings. The zero-order chi connectivity index (χ0) is 9.97. The van der Waals surface area contributed by atoms with Crippen molar-refractivity contribution in [2.45, 2.75) is 51.6 Å². The van der Waals surface area contributed by atoms with E-state index in [-0.39, 0.29) is 0 Å². The molecule has 0 spiro atoms. The average molecular weight is 196 g/mol. The second-order valence-corrected chi connectivity index (χ2v) is 5.36. The highest BCUT2D eigenvalue weighted by atomic mass is 15.2. The number of nitrogens with zero attached hydrogens (tertiary/aromatic N) is 1. The van der Waals surface area contributed by atoms with E-state index >= 15 is 0 Å². The van der Waals surface area contributed by atoms with E-state index in [0.717, 1.165) is 18.0 Å². The van der Waals surface area contributed by atoms with Crippen LogP contribution in [0.3, 0.4) is 0 Å². The van der Waals surface area contributed by atoms with E-state index in [4.69, 9.17) is 0 Å². The van der Waals surface area contributed by atoms with Crippen LogP contribution in [0.5, 0.6) is 0 Å². The third kappa shape index (κ3) is 2.48. The molecule has 2 rings (SSSR count). The monoisotopic (exact) mass is 196 g/mol. The molecule has 1 aliphatic heterocycles. The Balaban J connectivity index is 1.77. The van der Waals surface area contributed by atoms with Crippen molar-refractivity contribution in [2.75, 3.05) is 19.6 Å². The van der Waals surface area contributed by atoms with Gasteiger partial charge in [0.2, 0.25) is 0 Å². The molecular weight excluding hydrogens is 172 g/mol. The molecule has 2 heteroatoms. The summed E-state index contributed by atoms with van der Waals surface area (Å²) < 4.78 is 0. The topological polar surface area (TPSA) is 15.3 Å². The van der Waals surface area contributed by atoms with Crippen molar-refractivity contribution in [3.63, 3.8) is 0 Å². The van der Waals surface area contributed by atoms with Crippen LogP contribution < -0.4 is 5.32 Å². The first-order valence-electron chi connectivity index (χ1n) is 6.23. The van der Waals surface area contributed by atoms with Gasteiger partial charge in [0, 0.05) is 31.7 Å². The summed E-state index contributed by atoms with van der Waals surface area (Å²) in [6.45, 7) is 8.42. The molecule has 2 aliphatic rings. The summed E-state index contributed by atoms with van der Waals surface area (Å²) in [4.78, 5) is 2.72. The predicted octanol–water partition coefficient (Wildman–Crippen LogP) is 1.86. The zero-order valence-corrected chi connectivity index (χ0v) is 9.63. The Morgan fingerprint density at radius 2 is 2.14 bits per heavy atom. The molecule has 1 unspecified atom stereocenters. The molecule has 1 atom stereocenters. The average Bonchev–Trinajstić information content (AvgIpc) is 1.99. The van der Waals surface area contributed by atoms with Crippen molar-refractivity contribution in [3.8, 4) is 0 Å². The third-order valence-corrected chi connectivity index (χ3v) is 3.63. The van der Waals surface area contributed by atoms with Crippen molar-refractivity contribution >= 4 is 0 Å². The molecule has 14 heavy (non-hydrogen) atoms. The number of hydrogen-bond donors (Lipinski definition) is 1. The van der Waals surface area contributed by atoms with Gasteiger partial charge in [-0.2, -0.15) is 0 Å². The zero-order valence-electron chi connectivity index (χ0n) is 9.63. The van der Waals surface area contributed by atoms with Crippen LogP contribution in [0.15, 0.2) is 0 Å². The molecule has 1 aliphatic carbocycles. The lowest BCUT2D eigenvalue weighted by atomic mass is 9.90. The number of nitrogens with one attached hydrogen (secondary N) is 1. The Labute approximate surface area is 88.1 Å². The highest BCUT2D eigenvalue weighted by Gasteiger charge is 2.29. The van der Waals surface area contributed by atoms with Gasteiger partial charge in [-0.15, -0.1) is 0 Å². The van der Waals surface area contributed by atoms with Crippen LogP contribution in [0.2, 0.25) is 0 Å². The van der Waals surface area contributed by atoms with Crippen LogP contribution in [-0.4, -0.2) is 36.6 Å². The van der Waals surface area contributed by atoms with Crippen LogP contribution in [0.1, 0.15) is 39.5 Å². The number of rotatable bonds is 3. The van der Waals surface area contributed by atoms with Crippen molar-refractivity contribution < 1.29 is 0 Å². The van der Waals surface area contributed by atoms with Gasteiger partial charge in [-0.1, -0.05) is 20.3 Å². The maximum atomic E-state index is 3.64. The summed E-state index contributed by atoms with van der Waals surface area (Å²) in [6, 6.07) is 1.69. The smallest absolute Gasteiger partial charge is 0.0198 e. The lowest BCUT2D eigenvalue weighted by Gasteiger charge is -2.43. The first-order chi connectivity index (χ1) is 6.75. The Morgan fingerprint density at radius 3 is 2.71 bits per heavy atom. The fraction of sp³-hybridized carbons (Fsp3) is 1.00. The maximum Gasteiger partial charge on any atom is 0.0198 e. The van der Waals surface area contributed by atoms with Crippen LogP contribution in [0.25, 0.3) is 0 Å². The molecule has 1 heterocycles.